The molecule has 2 heterocycles. The Kier molecular flexibility index (Phi) is 8.84. The topological polar surface area (TPSA) is 83.9 Å². The number of halogens is 3. The van der Waals surface area contributed by atoms with Crippen molar-refractivity contribution in [1.29, 1.82) is 0 Å². The van der Waals surface area contributed by atoms with Gasteiger partial charge in [-0.3, -0.25) is 15.0 Å². The smallest absolute Gasteiger partial charge is 0.416 e. The van der Waals surface area contributed by atoms with E-state index in [0.29, 0.717) is 30.7 Å². The minimum Gasteiger partial charge on any atom is -0.507 e. The zero-order chi connectivity index (χ0) is 30.0. The van der Waals surface area contributed by atoms with Gasteiger partial charge in [0, 0.05) is 30.8 Å². The molecule has 2 N–H and O–H groups in total. The van der Waals surface area contributed by atoms with Crippen LogP contribution in [0, 0.1) is 6.92 Å². The lowest BCUT2D eigenvalue weighted by Gasteiger charge is -2.35. The number of carbonyl (C=O) groups is 1. The van der Waals surface area contributed by atoms with Gasteiger partial charge in [0.1, 0.15) is 5.75 Å². The molecule has 3 aromatic carbocycles. The monoisotopic (exact) mass is 599 g/mol. The van der Waals surface area contributed by atoms with Crippen LogP contribution in [0.25, 0.3) is 10.2 Å². The van der Waals surface area contributed by atoms with Crippen LogP contribution in [-0.2, 0) is 35.4 Å². The Labute approximate surface area is 245 Å². The van der Waals surface area contributed by atoms with Gasteiger partial charge in [0.25, 0.3) is 5.91 Å². The van der Waals surface area contributed by atoms with E-state index in [2.05, 4.69) is 15.2 Å². The molecule has 1 fully saturated rings. The van der Waals surface area contributed by atoms with Gasteiger partial charge in [-0.2, -0.15) is 13.2 Å². The first-order valence-electron chi connectivity index (χ1n) is 13.6. The van der Waals surface area contributed by atoms with Crippen LogP contribution in [0.5, 0.6) is 5.75 Å². The molecule has 11 heteroatoms. The Hall–Kier alpha value is -3.51. The Morgan fingerprint density at radius 1 is 1.10 bits per heavy atom. The van der Waals surface area contributed by atoms with Crippen LogP contribution in [0.4, 0.5) is 18.3 Å². The molecule has 1 amide bonds. The Bertz CT molecular complexity index is 1570. The number of hydrogen-bond donors (Lipinski definition) is 2. The van der Waals surface area contributed by atoms with Gasteiger partial charge in [0.05, 0.1) is 46.8 Å². The lowest BCUT2D eigenvalue weighted by Crippen LogP contribution is -2.44. The van der Waals surface area contributed by atoms with Crippen LogP contribution in [0.2, 0.25) is 0 Å². The number of carbonyl (C=O) groups excluding carboxylic acids is 1. The molecule has 1 aliphatic rings. The minimum atomic E-state index is -4.56. The number of phenols is 1. The molecule has 0 aliphatic carbocycles. The highest BCUT2D eigenvalue weighted by atomic mass is 32.1. The maximum absolute atomic E-state index is 13.7. The molecule has 1 aliphatic heterocycles. The van der Waals surface area contributed by atoms with E-state index in [9.17, 15) is 23.1 Å². The molecule has 0 spiro atoms. The number of amides is 1. The van der Waals surface area contributed by atoms with Crippen molar-refractivity contribution in [2.24, 2.45) is 0 Å². The molecule has 42 heavy (non-hydrogen) atoms. The lowest BCUT2D eigenvalue weighted by molar-refractivity contribution is -0.137. The third-order valence-electron chi connectivity index (χ3n) is 6.96. The van der Waals surface area contributed by atoms with Crippen molar-refractivity contribution in [3.05, 3.63) is 88.0 Å². The number of anilines is 1. The van der Waals surface area contributed by atoms with Crippen molar-refractivity contribution in [3.63, 3.8) is 0 Å². The van der Waals surface area contributed by atoms with Crippen molar-refractivity contribution in [2.45, 2.75) is 58.9 Å². The van der Waals surface area contributed by atoms with Crippen LogP contribution < -0.4 is 5.32 Å². The van der Waals surface area contributed by atoms with Crippen LogP contribution in [0.1, 0.15) is 52.0 Å². The molecule has 222 valence electrons. The first kappa shape index (κ1) is 30.0. The van der Waals surface area contributed by atoms with Crippen LogP contribution in [0.15, 0.2) is 54.6 Å². The third-order valence-corrected chi connectivity index (χ3v) is 7.88. The number of aromatic hydroxyl groups is 1. The second kappa shape index (κ2) is 12.4. The van der Waals surface area contributed by atoms with E-state index >= 15 is 0 Å². The number of nitrogens with zero attached hydrogens (tertiary/aromatic N) is 2. The van der Waals surface area contributed by atoms with Gasteiger partial charge in [-0.05, 0) is 50.1 Å². The quantitative estimate of drug-likeness (QED) is 0.229. The van der Waals surface area contributed by atoms with Gasteiger partial charge in [0.15, 0.2) is 5.13 Å². The zero-order valence-electron chi connectivity index (χ0n) is 23.5. The number of morpholine rings is 1. The number of hydrogen-bond acceptors (Lipinski definition) is 7. The van der Waals surface area contributed by atoms with E-state index in [1.54, 1.807) is 6.07 Å². The number of aryl methyl sites for hydroxylation is 1. The highest BCUT2D eigenvalue weighted by Crippen LogP contribution is 2.37. The van der Waals surface area contributed by atoms with Gasteiger partial charge in [0.2, 0.25) is 0 Å². The first-order valence-corrected chi connectivity index (χ1v) is 14.4. The number of alkyl halides is 3. The van der Waals surface area contributed by atoms with Crippen LogP contribution in [0.3, 0.4) is 0 Å². The van der Waals surface area contributed by atoms with E-state index in [0.717, 1.165) is 34.6 Å². The summed E-state index contributed by atoms with van der Waals surface area (Å²) in [7, 11) is 0. The van der Waals surface area contributed by atoms with Crippen LogP contribution >= 0.6 is 11.3 Å². The summed E-state index contributed by atoms with van der Waals surface area (Å²) in [6.45, 7) is 7.80. The summed E-state index contributed by atoms with van der Waals surface area (Å²) in [5.41, 5.74) is 2.13. The number of aromatic nitrogens is 1. The van der Waals surface area contributed by atoms with E-state index in [4.69, 9.17) is 9.47 Å². The molecule has 1 saturated heterocycles. The maximum atomic E-state index is 13.7. The highest BCUT2D eigenvalue weighted by Gasteiger charge is 2.32. The third kappa shape index (κ3) is 7.09. The van der Waals surface area contributed by atoms with E-state index < -0.39 is 17.6 Å². The van der Waals surface area contributed by atoms with E-state index in [1.165, 1.54) is 0 Å². The number of phenolic OH excluding ortho intramolecular Hbond substituents is 1. The largest absolute Gasteiger partial charge is 0.507 e. The minimum absolute atomic E-state index is 0.0500. The van der Waals surface area contributed by atoms with E-state index in [-0.39, 0.29) is 52.1 Å². The van der Waals surface area contributed by atoms with Gasteiger partial charge in [-0.15, -0.1) is 0 Å². The standard InChI is InChI=1S/C31H32F3N3O4S/c1-18-9-22(15-37-13-19(2)41-20(3)14-37)28(38)25(10-18)29(39)36-30-35-27-23(17-40-16-21-7-5-4-6-8-21)11-24(31(32,33)34)12-26(27)42-30/h4-12,19-20,38H,13-17H2,1-3H3,(H,35,36,39)/t19-,20+. The summed E-state index contributed by atoms with van der Waals surface area (Å²) in [5.74, 6) is -0.737. The molecule has 5 rings (SSSR count). The molecular formula is C31H32F3N3O4S. The fourth-order valence-corrected chi connectivity index (χ4v) is 6.19. The summed E-state index contributed by atoms with van der Waals surface area (Å²) < 4.78 is 52.8. The number of rotatable bonds is 8. The van der Waals surface area contributed by atoms with Gasteiger partial charge < -0.3 is 14.6 Å². The molecule has 4 aromatic rings. The predicted molar refractivity (Wildman–Crippen MR) is 156 cm³/mol. The average Bonchev–Trinajstić information content (AvgIpc) is 3.32. The first-order chi connectivity index (χ1) is 20.0. The number of benzene rings is 3. The van der Waals surface area contributed by atoms with Crippen molar-refractivity contribution < 1.29 is 32.5 Å². The second-order valence-corrected chi connectivity index (χ2v) is 11.7. The predicted octanol–water partition coefficient (Wildman–Crippen LogP) is 6.91. The summed E-state index contributed by atoms with van der Waals surface area (Å²) in [6, 6.07) is 14.8. The van der Waals surface area contributed by atoms with Crippen molar-refractivity contribution in [2.75, 3.05) is 18.4 Å². The zero-order valence-corrected chi connectivity index (χ0v) is 24.3. The molecule has 0 unspecified atom stereocenters. The molecule has 1 aromatic heterocycles. The van der Waals surface area contributed by atoms with Crippen LogP contribution in [-0.4, -0.2) is 46.2 Å². The molecule has 0 radical (unpaired) electrons. The average molecular weight is 600 g/mol. The summed E-state index contributed by atoms with van der Waals surface area (Å²) in [5, 5.41) is 13.9. The van der Waals surface area contributed by atoms with Crippen molar-refractivity contribution in [3.8, 4) is 5.75 Å². The van der Waals surface area contributed by atoms with Crippen molar-refractivity contribution >= 4 is 32.6 Å². The van der Waals surface area contributed by atoms with Crippen molar-refractivity contribution in [1.82, 2.24) is 9.88 Å². The maximum Gasteiger partial charge on any atom is 0.416 e. The lowest BCUT2D eigenvalue weighted by atomic mass is 10.0. The molecule has 0 saturated carbocycles. The molecule has 7 nitrogen and oxygen atoms in total. The number of fused-ring (bicyclic) bond motifs is 1. The Morgan fingerprint density at radius 2 is 1.81 bits per heavy atom. The van der Waals surface area contributed by atoms with E-state index in [1.807, 2.05) is 57.2 Å². The fourth-order valence-electron chi connectivity index (χ4n) is 5.25. The van der Waals surface area contributed by atoms with Gasteiger partial charge in [-0.1, -0.05) is 47.7 Å². The Morgan fingerprint density at radius 3 is 2.50 bits per heavy atom. The van der Waals surface area contributed by atoms with Gasteiger partial charge >= 0.3 is 6.18 Å². The second-order valence-electron chi connectivity index (χ2n) is 10.7. The molecular weight excluding hydrogens is 567 g/mol. The SMILES string of the molecule is Cc1cc(CN2C[C@@H](C)O[C@@H](C)C2)c(O)c(C(=O)Nc2nc3c(COCc4ccccc4)cc(C(F)(F)F)cc3s2)c1. The molecule has 2 atom stereocenters. The fraction of sp³-hybridized carbons (Fsp3) is 0.355. The summed E-state index contributed by atoms with van der Waals surface area (Å²) >= 11 is 0.935. The molecule has 0 bridgehead atoms. The Balaban J connectivity index is 1.38. The normalized spacial score (nSPS) is 18.0. The highest BCUT2D eigenvalue weighted by molar-refractivity contribution is 7.22. The summed E-state index contributed by atoms with van der Waals surface area (Å²) in [4.78, 5) is 19.9. The number of thiazole rings is 1. The number of nitrogens with one attached hydrogen (secondary N) is 1. The number of ether oxygens (including phenoxy) is 2. The summed E-state index contributed by atoms with van der Waals surface area (Å²) in [6.07, 6.45) is -4.46. The van der Waals surface area contributed by atoms with Gasteiger partial charge in [-0.25, -0.2) is 4.98 Å².